The largest absolute Gasteiger partial charge is 0.377 e. The quantitative estimate of drug-likeness (QED) is 0.213. The van der Waals surface area contributed by atoms with Crippen LogP contribution in [-0.4, -0.2) is 25.0 Å². The first kappa shape index (κ1) is 24.8. The van der Waals surface area contributed by atoms with Crippen LogP contribution in [-0.2, 0) is 0 Å². The molecule has 1 aliphatic carbocycles. The van der Waals surface area contributed by atoms with E-state index < -0.39 is 0 Å². The summed E-state index contributed by atoms with van der Waals surface area (Å²) >= 11 is 6.79. The van der Waals surface area contributed by atoms with Gasteiger partial charge < -0.3 is 10.6 Å². The van der Waals surface area contributed by atoms with Crippen molar-refractivity contribution >= 4 is 33.9 Å². The molecular formula is C30H27ClN8. The van der Waals surface area contributed by atoms with E-state index >= 15 is 0 Å². The summed E-state index contributed by atoms with van der Waals surface area (Å²) in [5.41, 5.74) is 5.46. The van der Waals surface area contributed by atoms with Crippen molar-refractivity contribution in [2.75, 3.05) is 10.6 Å². The smallest absolute Gasteiger partial charge is 0.110 e. The van der Waals surface area contributed by atoms with Crippen LogP contribution in [0.3, 0.4) is 0 Å². The van der Waals surface area contributed by atoms with Crippen LogP contribution in [0.4, 0.5) is 11.4 Å². The van der Waals surface area contributed by atoms with Crippen LogP contribution in [0.2, 0.25) is 5.02 Å². The van der Waals surface area contributed by atoms with E-state index in [1.807, 2.05) is 59.5 Å². The van der Waals surface area contributed by atoms with Gasteiger partial charge in [-0.15, -0.1) is 5.10 Å². The first-order valence-corrected chi connectivity index (χ1v) is 13.4. The molecule has 6 rings (SSSR count). The average molecular weight is 535 g/mol. The maximum Gasteiger partial charge on any atom is 0.110 e. The second-order valence-electron chi connectivity index (χ2n) is 9.75. The molecule has 0 amide bonds. The minimum atomic E-state index is -0.295. The average Bonchev–Trinajstić information content (AvgIpc) is 3.72. The standard InChI is InChI=1S/C30H27ClN8/c1-2-26(19-7-4-3-5-8-19)36-28-21(15-32)17-34-30-24(28)13-22(14-25(30)31)35-29(20-9-6-12-33-16-20)27-18-39(38-37-27)23-10-11-23/h3-9,12-14,16-18,23,26,29,35H,2,10-11H2,1H3,(H,34,36). The summed E-state index contributed by atoms with van der Waals surface area (Å²) in [5, 5.41) is 27.3. The number of halogens is 1. The number of nitrogens with zero attached hydrogens (tertiary/aromatic N) is 6. The maximum absolute atomic E-state index is 9.96. The van der Waals surface area contributed by atoms with Gasteiger partial charge in [-0.3, -0.25) is 9.97 Å². The Morgan fingerprint density at radius 2 is 1.90 bits per heavy atom. The third-order valence-electron chi connectivity index (χ3n) is 7.05. The summed E-state index contributed by atoms with van der Waals surface area (Å²) in [6, 6.07) is 20.4. The Morgan fingerprint density at radius 1 is 1.08 bits per heavy atom. The van der Waals surface area contributed by atoms with Gasteiger partial charge in [-0.25, -0.2) is 4.68 Å². The predicted molar refractivity (Wildman–Crippen MR) is 153 cm³/mol. The zero-order valence-corrected chi connectivity index (χ0v) is 22.2. The van der Waals surface area contributed by atoms with Crippen molar-refractivity contribution in [1.82, 2.24) is 25.0 Å². The molecule has 3 heterocycles. The highest BCUT2D eigenvalue weighted by Gasteiger charge is 2.27. The van der Waals surface area contributed by atoms with Crippen molar-refractivity contribution < 1.29 is 0 Å². The van der Waals surface area contributed by atoms with Crippen LogP contribution < -0.4 is 10.6 Å². The molecule has 9 heteroatoms. The van der Waals surface area contributed by atoms with Gasteiger partial charge in [0.05, 0.1) is 46.1 Å². The Bertz CT molecular complexity index is 1640. The lowest BCUT2D eigenvalue weighted by molar-refractivity contribution is 0.610. The molecule has 8 nitrogen and oxygen atoms in total. The molecule has 194 valence electrons. The van der Waals surface area contributed by atoms with Gasteiger partial charge in [-0.05, 0) is 48.6 Å². The molecule has 3 aromatic heterocycles. The molecule has 0 aliphatic heterocycles. The number of hydrogen-bond acceptors (Lipinski definition) is 7. The Morgan fingerprint density at radius 3 is 2.62 bits per heavy atom. The van der Waals surface area contributed by atoms with Crippen molar-refractivity contribution in [2.45, 2.75) is 44.3 Å². The second kappa shape index (κ2) is 10.7. The van der Waals surface area contributed by atoms with Crippen LogP contribution >= 0.6 is 11.6 Å². The van der Waals surface area contributed by atoms with Gasteiger partial charge >= 0.3 is 0 Å². The Balaban J connectivity index is 1.42. The molecule has 5 aromatic rings. The van der Waals surface area contributed by atoms with Gasteiger partial charge in [0.1, 0.15) is 11.8 Å². The fourth-order valence-corrected chi connectivity index (χ4v) is 5.11. The summed E-state index contributed by atoms with van der Waals surface area (Å²) in [4.78, 5) is 8.85. The van der Waals surface area contributed by atoms with Crippen LogP contribution in [0, 0.1) is 11.3 Å². The number of fused-ring (bicyclic) bond motifs is 1. The van der Waals surface area contributed by atoms with Crippen molar-refractivity contribution in [1.29, 1.82) is 5.26 Å². The first-order chi connectivity index (χ1) is 19.1. The molecule has 1 aliphatic rings. The molecule has 1 fully saturated rings. The minimum absolute atomic E-state index is 0.0138. The summed E-state index contributed by atoms with van der Waals surface area (Å²) in [6.07, 6.45) is 10.2. The number of nitriles is 1. The molecule has 2 N–H and O–H groups in total. The molecule has 0 bridgehead atoms. The summed E-state index contributed by atoms with van der Waals surface area (Å²) in [6.45, 7) is 2.12. The maximum atomic E-state index is 9.96. The molecular weight excluding hydrogens is 508 g/mol. The Hall–Kier alpha value is -4.48. The van der Waals surface area contributed by atoms with Crippen LogP contribution in [0.5, 0.6) is 0 Å². The fourth-order valence-electron chi connectivity index (χ4n) is 4.85. The summed E-state index contributed by atoms with van der Waals surface area (Å²) < 4.78 is 1.94. The van der Waals surface area contributed by atoms with Crippen molar-refractivity contribution in [3.05, 3.63) is 107 Å². The van der Waals surface area contributed by atoms with Crippen molar-refractivity contribution in [3.63, 3.8) is 0 Å². The number of benzene rings is 2. The van der Waals surface area contributed by atoms with Crippen molar-refractivity contribution in [3.8, 4) is 6.07 Å². The number of pyridine rings is 2. The van der Waals surface area contributed by atoms with Gasteiger partial charge in [0, 0.05) is 29.7 Å². The monoisotopic (exact) mass is 534 g/mol. The zero-order valence-electron chi connectivity index (χ0n) is 21.4. The predicted octanol–water partition coefficient (Wildman–Crippen LogP) is 6.85. The van der Waals surface area contributed by atoms with Crippen LogP contribution in [0.25, 0.3) is 10.9 Å². The van der Waals surface area contributed by atoms with Gasteiger partial charge in [0.25, 0.3) is 0 Å². The number of aromatic nitrogens is 5. The Labute approximate surface area is 231 Å². The minimum Gasteiger partial charge on any atom is -0.377 e. The second-order valence-corrected chi connectivity index (χ2v) is 10.2. The highest BCUT2D eigenvalue weighted by atomic mass is 35.5. The lowest BCUT2D eigenvalue weighted by atomic mass is 10.0. The van der Waals surface area contributed by atoms with Gasteiger partial charge in [-0.2, -0.15) is 5.26 Å². The number of anilines is 2. The third kappa shape index (κ3) is 5.14. The van der Waals surface area contributed by atoms with E-state index in [1.54, 1.807) is 12.4 Å². The molecule has 0 radical (unpaired) electrons. The van der Waals surface area contributed by atoms with E-state index in [9.17, 15) is 5.26 Å². The molecule has 2 unspecified atom stereocenters. The van der Waals surface area contributed by atoms with Gasteiger partial charge in [0.15, 0.2) is 0 Å². The Kier molecular flexibility index (Phi) is 6.82. The normalized spacial score (nSPS) is 14.5. The zero-order chi connectivity index (χ0) is 26.8. The molecule has 2 aromatic carbocycles. The number of nitrogens with one attached hydrogen (secondary N) is 2. The lowest BCUT2D eigenvalue weighted by Crippen LogP contribution is -2.14. The molecule has 2 atom stereocenters. The summed E-state index contributed by atoms with van der Waals surface area (Å²) in [5.74, 6) is 0. The number of rotatable bonds is 9. The van der Waals surface area contributed by atoms with E-state index in [4.69, 9.17) is 11.6 Å². The van der Waals surface area contributed by atoms with E-state index in [1.165, 1.54) is 0 Å². The van der Waals surface area contributed by atoms with Crippen LogP contribution in [0.15, 0.2) is 79.4 Å². The SMILES string of the molecule is CCC(Nc1c(C#N)cnc2c(Cl)cc(NC(c3cccnc3)c3cn(C4CC4)nn3)cc12)c1ccccc1. The van der Waals surface area contributed by atoms with Gasteiger partial charge in [0.2, 0.25) is 0 Å². The van der Waals surface area contributed by atoms with E-state index in [0.717, 1.165) is 47.2 Å². The van der Waals surface area contributed by atoms with Crippen LogP contribution in [0.1, 0.15) is 66.7 Å². The molecule has 0 spiro atoms. The highest BCUT2D eigenvalue weighted by Crippen LogP contribution is 2.38. The topological polar surface area (TPSA) is 104 Å². The summed E-state index contributed by atoms with van der Waals surface area (Å²) in [7, 11) is 0. The third-order valence-corrected chi connectivity index (χ3v) is 7.34. The molecule has 39 heavy (non-hydrogen) atoms. The highest BCUT2D eigenvalue weighted by molar-refractivity contribution is 6.35. The number of hydrogen-bond donors (Lipinski definition) is 2. The van der Waals surface area contributed by atoms with E-state index in [0.29, 0.717) is 27.8 Å². The van der Waals surface area contributed by atoms with Gasteiger partial charge in [-0.1, -0.05) is 60.1 Å². The lowest BCUT2D eigenvalue weighted by Gasteiger charge is -2.22. The van der Waals surface area contributed by atoms with E-state index in [-0.39, 0.29) is 12.1 Å². The molecule has 0 saturated heterocycles. The first-order valence-electron chi connectivity index (χ1n) is 13.1. The fraction of sp³-hybridized carbons (Fsp3) is 0.233. The van der Waals surface area contributed by atoms with E-state index in [2.05, 4.69) is 56.0 Å². The molecule has 1 saturated carbocycles. The van der Waals surface area contributed by atoms with Crippen molar-refractivity contribution in [2.24, 2.45) is 0 Å².